The molecule has 0 saturated heterocycles. The third-order valence-corrected chi connectivity index (χ3v) is 2.36. The number of aryl methyl sites for hydroxylation is 2. The number of nitrogens with zero attached hydrogens (tertiary/aromatic N) is 2. The Morgan fingerprint density at radius 3 is 2.56 bits per heavy atom. The maximum Gasteiger partial charge on any atom is 0.339 e. The molecule has 0 aliphatic carbocycles. The van der Waals surface area contributed by atoms with Crippen molar-refractivity contribution < 1.29 is 14.6 Å². The zero-order valence-electron chi connectivity index (χ0n) is 10.0. The molecule has 0 saturated carbocycles. The molecule has 0 atom stereocenters. The van der Waals surface area contributed by atoms with E-state index in [1.807, 2.05) is 13.8 Å². The first-order valence-electron chi connectivity index (χ1n) is 5.38. The van der Waals surface area contributed by atoms with Crippen LogP contribution in [0.4, 0.5) is 0 Å². The maximum atomic E-state index is 11.1. The minimum absolute atomic E-state index is 0.1000. The Morgan fingerprint density at radius 1 is 1.17 bits per heavy atom. The summed E-state index contributed by atoms with van der Waals surface area (Å²) in [6.07, 6.45) is 0. The van der Waals surface area contributed by atoms with Gasteiger partial charge in [0, 0.05) is 6.07 Å². The Labute approximate surface area is 104 Å². The zero-order valence-corrected chi connectivity index (χ0v) is 10.0. The van der Waals surface area contributed by atoms with E-state index in [9.17, 15) is 4.79 Å². The van der Waals surface area contributed by atoms with Crippen molar-refractivity contribution in [3.05, 3.63) is 47.2 Å². The van der Waals surface area contributed by atoms with Gasteiger partial charge in [-0.1, -0.05) is 6.07 Å². The third kappa shape index (κ3) is 2.63. The van der Waals surface area contributed by atoms with Crippen LogP contribution in [0.2, 0.25) is 0 Å². The first-order valence-corrected chi connectivity index (χ1v) is 5.38. The van der Waals surface area contributed by atoms with Gasteiger partial charge in [0.2, 0.25) is 5.88 Å². The Morgan fingerprint density at radius 2 is 1.94 bits per heavy atom. The summed E-state index contributed by atoms with van der Waals surface area (Å²) in [5.41, 5.74) is 1.78. The standard InChI is InChI=1S/C13H12N2O3/c1-8-3-5-10(13(16)17)11(7-8)18-12-6-4-9(2)14-15-12/h3-7H,1-2H3,(H,16,17). The summed E-state index contributed by atoms with van der Waals surface area (Å²) in [4.78, 5) is 11.1. The normalized spacial score (nSPS) is 10.1. The molecule has 0 amide bonds. The van der Waals surface area contributed by atoms with E-state index >= 15 is 0 Å². The zero-order chi connectivity index (χ0) is 13.1. The van der Waals surface area contributed by atoms with E-state index in [1.54, 1.807) is 24.3 Å². The number of carboxylic acids is 1. The predicted molar refractivity (Wildman–Crippen MR) is 65.0 cm³/mol. The van der Waals surface area contributed by atoms with Gasteiger partial charge in [0.1, 0.15) is 11.3 Å². The average molecular weight is 244 g/mol. The van der Waals surface area contributed by atoms with E-state index in [0.717, 1.165) is 11.3 Å². The van der Waals surface area contributed by atoms with Crippen molar-refractivity contribution in [3.8, 4) is 11.6 Å². The van der Waals surface area contributed by atoms with Crippen molar-refractivity contribution in [2.75, 3.05) is 0 Å². The molecule has 1 heterocycles. The first-order chi connectivity index (χ1) is 8.56. The molecule has 2 aromatic rings. The van der Waals surface area contributed by atoms with Crippen LogP contribution in [0.3, 0.4) is 0 Å². The van der Waals surface area contributed by atoms with Crippen molar-refractivity contribution >= 4 is 5.97 Å². The molecule has 1 N–H and O–H groups in total. The van der Waals surface area contributed by atoms with Gasteiger partial charge in [-0.3, -0.25) is 0 Å². The number of rotatable bonds is 3. The van der Waals surface area contributed by atoms with Crippen LogP contribution in [0.1, 0.15) is 21.6 Å². The number of ether oxygens (including phenoxy) is 1. The maximum absolute atomic E-state index is 11.1. The molecular weight excluding hydrogens is 232 g/mol. The lowest BCUT2D eigenvalue weighted by Gasteiger charge is -2.08. The second kappa shape index (κ2) is 4.83. The Balaban J connectivity index is 2.35. The van der Waals surface area contributed by atoms with E-state index in [1.165, 1.54) is 6.07 Å². The minimum Gasteiger partial charge on any atom is -0.478 e. The first kappa shape index (κ1) is 12.0. The molecule has 1 aromatic carbocycles. The number of aromatic nitrogens is 2. The van der Waals surface area contributed by atoms with Crippen LogP contribution in [0, 0.1) is 13.8 Å². The van der Waals surface area contributed by atoms with Crippen molar-refractivity contribution in [3.63, 3.8) is 0 Å². The Bertz CT molecular complexity index is 579. The van der Waals surface area contributed by atoms with Crippen LogP contribution in [-0.2, 0) is 0 Å². The SMILES string of the molecule is Cc1ccc(C(=O)O)c(Oc2ccc(C)nn2)c1. The molecule has 18 heavy (non-hydrogen) atoms. The molecule has 0 aliphatic rings. The number of aromatic carboxylic acids is 1. The van der Waals surface area contributed by atoms with E-state index in [2.05, 4.69) is 10.2 Å². The number of carbonyl (C=O) groups is 1. The van der Waals surface area contributed by atoms with Crippen LogP contribution >= 0.6 is 0 Å². The quantitative estimate of drug-likeness (QED) is 0.898. The van der Waals surface area contributed by atoms with Crippen LogP contribution in [0.15, 0.2) is 30.3 Å². The summed E-state index contributed by atoms with van der Waals surface area (Å²) >= 11 is 0. The lowest BCUT2D eigenvalue weighted by atomic mass is 10.1. The van der Waals surface area contributed by atoms with E-state index in [-0.39, 0.29) is 17.2 Å². The molecule has 0 unspecified atom stereocenters. The molecular formula is C13H12N2O3. The highest BCUT2D eigenvalue weighted by Gasteiger charge is 2.12. The number of benzene rings is 1. The summed E-state index contributed by atoms with van der Waals surface area (Å²) in [5.74, 6) is -0.501. The highest BCUT2D eigenvalue weighted by molar-refractivity contribution is 5.91. The molecule has 0 spiro atoms. The average Bonchev–Trinajstić information content (AvgIpc) is 2.32. The van der Waals surface area contributed by atoms with Crippen LogP contribution in [-0.4, -0.2) is 21.3 Å². The lowest BCUT2D eigenvalue weighted by molar-refractivity contribution is 0.0694. The molecule has 0 aliphatic heterocycles. The molecule has 5 heteroatoms. The van der Waals surface area contributed by atoms with Gasteiger partial charge >= 0.3 is 5.97 Å². The highest BCUT2D eigenvalue weighted by Crippen LogP contribution is 2.25. The molecule has 5 nitrogen and oxygen atoms in total. The van der Waals surface area contributed by atoms with Crippen LogP contribution < -0.4 is 4.74 Å². The smallest absolute Gasteiger partial charge is 0.339 e. The molecule has 1 aromatic heterocycles. The number of hydrogen-bond acceptors (Lipinski definition) is 4. The van der Waals surface area contributed by atoms with Crippen molar-refractivity contribution in [2.24, 2.45) is 0 Å². The summed E-state index contributed by atoms with van der Waals surface area (Å²) in [6, 6.07) is 8.28. The monoisotopic (exact) mass is 244 g/mol. The summed E-state index contributed by atoms with van der Waals surface area (Å²) < 4.78 is 5.45. The molecule has 92 valence electrons. The second-order valence-corrected chi connectivity index (χ2v) is 3.92. The largest absolute Gasteiger partial charge is 0.478 e. The van der Waals surface area contributed by atoms with Crippen molar-refractivity contribution in [1.82, 2.24) is 10.2 Å². The van der Waals surface area contributed by atoms with Crippen LogP contribution in [0.25, 0.3) is 0 Å². The number of carboxylic acid groups (broad SMARTS) is 1. The van der Waals surface area contributed by atoms with E-state index < -0.39 is 5.97 Å². The summed E-state index contributed by atoms with van der Waals surface area (Å²) in [7, 11) is 0. The molecule has 0 bridgehead atoms. The highest BCUT2D eigenvalue weighted by atomic mass is 16.5. The minimum atomic E-state index is -1.04. The van der Waals surface area contributed by atoms with Crippen LogP contribution in [0.5, 0.6) is 11.6 Å². The fourth-order valence-electron chi connectivity index (χ4n) is 1.44. The van der Waals surface area contributed by atoms with Gasteiger partial charge in [0.15, 0.2) is 0 Å². The topological polar surface area (TPSA) is 72.3 Å². The van der Waals surface area contributed by atoms with Gasteiger partial charge in [0.05, 0.1) is 5.69 Å². The molecule has 0 fully saturated rings. The molecule has 2 rings (SSSR count). The Hall–Kier alpha value is -2.43. The van der Waals surface area contributed by atoms with Gasteiger partial charge < -0.3 is 9.84 Å². The van der Waals surface area contributed by atoms with Gasteiger partial charge in [-0.15, -0.1) is 5.10 Å². The summed E-state index contributed by atoms with van der Waals surface area (Å²) in [5, 5.41) is 16.8. The fraction of sp³-hybridized carbons (Fsp3) is 0.154. The van der Waals surface area contributed by atoms with Gasteiger partial charge in [0.25, 0.3) is 0 Å². The van der Waals surface area contributed by atoms with E-state index in [0.29, 0.717) is 0 Å². The third-order valence-electron chi connectivity index (χ3n) is 2.36. The summed E-state index contributed by atoms with van der Waals surface area (Å²) in [6.45, 7) is 3.67. The van der Waals surface area contributed by atoms with Gasteiger partial charge in [-0.25, -0.2) is 4.79 Å². The fourth-order valence-corrected chi connectivity index (χ4v) is 1.44. The molecule has 0 radical (unpaired) electrons. The van der Waals surface area contributed by atoms with Crippen molar-refractivity contribution in [1.29, 1.82) is 0 Å². The second-order valence-electron chi connectivity index (χ2n) is 3.92. The van der Waals surface area contributed by atoms with Gasteiger partial charge in [-0.2, -0.15) is 5.10 Å². The van der Waals surface area contributed by atoms with Gasteiger partial charge in [-0.05, 0) is 37.6 Å². The number of hydrogen-bond donors (Lipinski definition) is 1. The Kier molecular flexibility index (Phi) is 3.23. The van der Waals surface area contributed by atoms with Crippen molar-refractivity contribution in [2.45, 2.75) is 13.8 Å². The van der Waals surface area contributed by atoms with E-state index in [4.69, 9.17) is 9.84 Å². The predicted octanol–water partition coefficient (Wildman–Crippen LogP) is 2.58. The lowest BCUT2D eigenvalue weighted by Crippen LogP contribution is -2.01.